The van der Waals surface area contributed by atoms with Crippen LogP contribution in [0.25, 0.3) is 0 Å². The Balaban J connectivity index is 1.45. The summed E-state index contributed by atoms with van der Waals surface area (Å²) in [6.07, 6.45) is 7.48. The van der Waals surface area contributed by atoms with Crippen molar-refractivity contribution in [3.63, 3.8) is 0 Å². The average Bonchev–Trinajstić information content (AvgIpc) is 2.60. The molecule has 0 unspecified atom stereocenters. The van der Waals surface area contributed by atoms with Crippen molar-refractivity contribution in [1.82, 2.24) is 9.21 Å². The Hall–Kier alpha value is -1.40. The largest absolute Gasteiger partial charge is 0.340 e. The summed E-state index contributed by atoms with van der Waals surface area (Å²) in [4.78, 5) is 14.6. The zero-order valence-electron chi connectivity index (χ0n) is 14.6. The molecule has 25 heavy (non-hydrogen) atoms. The van der Waals surface area contributed by atoms with Crippen LogP contribution < -0.4 is 0 Å². The fourth-order valence-corrected chi connectivity index (χ4v) is 5.55. The van der Waals surface area contributed by atoms with Gasteiger partial charge in [-0.05, 0) is 61.8 Å². The molecule has 1 aromatic carbocycles. The molecule has 0 spiro atoms. The van der Waals surface area contributed by atoms with Crippen molar-refractivity contribution < 1.29 is 13.2 Å². The van der Waals surface area contributed by atoms with E-state index in [1.165, 1.54) is 17.5 Å². The summed E-state index contributed by atoms with van der Waals surface area (Å²) in [5.74, 6) is 0.404. The summed E-state index contributed by atoms with van der Waals surface area (Å²) >= 11 is 0. The van der Waals surface area contributed by atoms with Gasteiger partial charge in [-0.3, -0.25) is 4.79 Å². The number of fused-ring (bicyclic) bond motifs is 1. The molecule has 0 radical (unpaired) electrons. The third kappa shape index (κ3) is 3.22. The maximum Gasteiger partial charge on any atom is 0.243 e. The van der Waals surface area contributed by atoms with E-state index in [-0.39, 0.29) is 11.8 Å². The molecule has 1 heterocycles. The highest BCUT2D eigenvalue weighted by Gasteiger charge is 2.34. The van der Waals surface area contributed by atoms with Crippen LogP contribution in [0.15, 0.2) is 23.1 Å². The van der Waals surface area contributed by atoms with Crippen molar-refractivity contribution in [3.05, 3.63) is 29.3 Å². The molecule has 5 nitrogen and oxygen atoms in total. The van der Waals surface area contributed by atoms with Gasteiger partial charge in [0.15, 0.2) is 0 Å². The minimum atomic E-state index is -3.46. The molecule has 0 aromatic heterocycles. The van der Waals surface area contributed by atoms with Crippen molar-refractivity contribution in [3.8, 4) is 0 Å². The third-order valence-electron chi connectivity index (χ3n) is 5.96. The Morgan fingerprint density at radius 2 is 1.60 bits per heavy atom. The van der Waals surface area contributed by atoms with Crippen LogP contribution in [-0.4, -0.2) is 49.7 Å². The van der Waals surface area contributed by atoms with Crippen molar-refractivity contribution in [2.75, 3.05) is 26.2 Å². The van der Waals surface area contributed by atoms with Crippen molar-refractivity contribution in [1.29, 1.82) is 0 Å². The van der Waals surface area contributed by atoms with Crippen LogP contribution in [0.3, 0.4) is 0 Å². The summed E-state index contributed by atoms with van der Waals surface area (Å²) in [7, 11) is -3.46. The maximum absolute atomic E-state index is 13.0. The van der Waals surface area contributed by atoms with E-state index in [1.54, 1.807) is 10.4 Å². The van der Waals surface area contributed by atoms with E-state index in [9.17, 15) is 13.2 Å². The molecule has 1 aliphatic heterocycles. The summed E-state index contributed by atoms with van der Waals surface area (Å²) in [5, 5.41) is 0. The highest BCUT2D eigenvalue weighted by Crippen LogP contribution is 2.29. The van der Waals surface area contributed by atoms with Gasteiger partial charge in [0.25, 0.3) is 0 Å². The first kappa shape index (κ1) is 17.0. The van der Waals surface area contributed by atoms with Crippen LogP contribution in [0, 0.1) is 5.92 Å². The maximum atomic E-state index is 13.0. The predicted octanol–water partition coefficient (Wildman–Crippen LogP) is 2.20. The number of piperazine rings is 1. The second kappa shape index (κ2) is 6.72. The van der Waals surface area contributed by atoms with Gasteiger partial charge in [0, 0.05) is 32.1 Å². The lowest BCUT2D eigenvalue weighted by atomic mass is 9.84. The molecular formula is C19H26N2O3S. The minimum absolute atomic E-state index is 0.184. The van der Waals surface area contributed by atoms with E-state index >= 15 is 0 Å². The van der Waals surface area contributed by atoms with Crippen molar-refractivity contribution in [2.24, 2.45) is 5.92 Å². The van der Waals surface area contributed by atoms with Crippen LogP contribution in [0.2, 0.25) is 0 Å². The number of benzene rings is 1. The summed E-state index contributed by atoms with van der Waals surface area (Å²) < 4.78 is 27.5. The molecule has 2 fully saturated rings. The first-order chi connectivity index (χ1) is 12.1. The van der Waals surface area contributed by atoms with Crippen LogP contribution >= 0.6 is 0 Å². The lowest BCUT2D eigenvalue weighted by molar-refractivity contribution is -0.139. The molecule has 4 rings (SSSR count). The lowest BCUT2D eigenvalue weighted by Crippen LogP contribution is -2.52. The summed E-state index contributed by atoms with van der Waals surface area (Å²) in [5.41, 5.74) is 2.48. The number of amides is 1. The molecule has 0 atom stereocenters. The van der Waals surface area contributed by atoms with E-state index in [2.05, 4.69) is 0 Å². The van der Waals surface area contributed by atoms with Gasteiger partial charge in [-0.15, -0.1) is 0 Å². The van der Waals surface area contributed by atoms with Gasteiger partial charge in [0.2, 0.25) is 15.9 Å². The molecule has 0 bridgehead atoms. The Labute approximate surface area is 150 Å². The molecule has 3 aliphatic rings. The molecule has 1 saturated heterocycles. The molecular weight excluding hydrogens is 336 g/mol. The number of hydrogen-bond acceptors (Lipinski definition) is 3. The average molecular weight is 362 g/mol. The van der Waals surface area contributed by atoms with Crippen LogP contribution in [0.1, 0.15) is 43.2 Å². The molecule has 1 amide bonds. The molecule has 136 valence electrons. The van der Waals surface area contributed by atoms with Gasteiger partial charge in [-0.2, -0.15) is 4.31 Å². The first-order valence-electron chi connectivity index (χ1n) is 9.46. The fraction of sp³-hybridized carbons (Fsp3) is 0.632. The van der Waals surface area contributed by atoms with Crippen molar-refractivity contribution in [2.45, 2.75) is 49.8 Å². The Morgan fingerprint density at radius 3 is 2.24 bits per heavy atom. The Morgan fingerprint density at radius 1 is 0.920 bits per heavy atom. The third-order valence-corrected chi connectivity index (χ3v) is 7.86. The molecule has 2 aliphatic carbocycles. The van der Waals surface area contributed by atoms with Gasteiger partial charge in [0.05, 0.1) is 4.90 Å². The number of hydrogen-bond donors (Lipinski definition) is 0. The van der Waals surface area contributed by atoms with Gasteiger partial charge < -0.3 is 4.90 Å². The summed E-state index contributed by atoms with van der Waals surface area (Å²) in [6, 6.07) is 5.61. The minimum Gasteiger partial charge on any atom is -0.340 e. The zero-order valence-corrected chi connectivity index (χ0v) is 15.4. The van der Waals surface area contributed by atoms with Crippen molar-refractivity contribution >= 4 is 15.9 Å². The van der Waals surface area contributed by atoms with E-state index in [1.807, 2.05) is 17.0 Å². The highest BCUT2D eigenvalue weighted by molar-refractivity contribution is 7.89. The number of carbonyl (C=O) groups excluding carboxylic acids is 1. The van der Waals surface area contributed by atoms with E-state index in [0.29, 0.717) is 31.1 Å². The second-order valence-corrected chi connectivity index (χ2v) is 9.43. The quantitative estimate of drug-likeness (QED) is 0.828. The standard InChI is InChI=1S/C19H26N2O3S/c22-19(16-6-3-7-16)20-10-12-21(13-11-20)25(23,24)18-9-8-15-4-1-2-5-17(15)14-18/h8-9,14,16H,1-7,10-13H2. The van der Waals surface area contributed by atoms with Gasteiger partial charge >= 0.3 is 0 Å². The molecule has 1 aromatic rings. The number of aryl methyl sites for hydroxylation is 2. The van der Waals surface area contributed by atoms with E-state index < -0.39 is 10.0 Å². The number of nitrogens with zero attached hydrogens (tertiary/aromatic N) is 2. The topological polar surface area (TPSA) is 57.7 Å². The van der Waals surface area contributed by atoms with Crippen LogP contribution in [0.4, 0.5) is 0 Å². The second-order valence-electron chi connectivity index (χ2n) is 7.49. The molecule has 6 heteroatoms. The van der Waals surface area contributed by atoms with Gasteiger partial charge in [-0.25, -0.2) is 8.42 Å². The number of carbonyl (C=O) groups is 1. The predicted molar refractivity (Wildman–Crippen MR) is 95.8 cm³/mol. The van der Waals surface area contributed by atoms with Gasteiger partial charge in [-0.1, -0.05) is 12.5 Å². The van der Waals surface area contributed by atoms with E-state index in [0.717, 1.165) is 38.5 Å². The van der Waals surface area contributed by atoms with Gasteiger partial charge in [0.1, 0.15) is 0 Å². The SMILES string of the molecule is O=C(C1CCC1)N1CCN(S(=O)(=O)c2ccc3c(c2)CCCC3)CC1. The van der Waals surface area contributed by atoms with Crippen LogP contribution in [-0.2, 0) is 27.7 Å². The van der Waals surface area contributed by atoms with E-state index in [4.69, 9.17) is 0 Å². The fourth-order valence-electron chi connectivity index (χ4n) is 4.08. The first-order valence-corrected chi connectivity index (χ1v) is 10.9. The Bertz CT molecular complexity index is 763. The number of sulfonamides is 1. The zero-order chi connectivity index (χ0) is 17.4. The lowest BCUT2D eigenvalue weighted by Gasteiger charge is -2.37. The Kier molecular flexibility index (Phi) is 4.58. The number of rotatable bonds is 3. The monoisotopic (exact) mass is 362 g/mol. The highest BCUT2D eigenvalue weighted by atomic mass is 32.2. The summed E-state index contributed by atoms with van der Waals surface area (Å²) in [6.45, 7) is 1.83. The van der Waals surface area contributed by atoms with Crippen LogP contribution in [0.5, 0.6) is 0 Å². The molecule has 1 saturated carbocycles. The smallest absolute Gasteiger partial charge is 0.243 e. The molecule has 0 N–H and O–H groups in total. The normalized spacial score (nSPS) is 22.3.